The number of methoxy groups -OCH3 is 1. The third-order valence-electron chi connectivity index (χ3n) is 30.1. The largest absolute Gasteiger partial charge is 0.502 e. The molecule has 0 radical (unpaired) electrons. The van der Waals surface area contributed by atoms with Gasteiger partial charge in [0.25, 0.3) is 0 Å². The van der Waals surface area contributed by atoms with Crippen LogP contribution in [0.25, 0.3) is 0 Å². The van der Waals surface area contributed by atoms with Gasteiger partial charge in [-0.2, -0.15) is 0 Å². The molecule has 2 heterocycles. The molecule has 714 valence electrons. The first-order valence-corrected chi connectivity index (χ1v) is 54.3. The molecular weight excluding hydrogens is 1480 g/mol. The maximum Gasteiger partial charge on any atom is 0.200 e. The van der Waals surface area contributed by atoms with Crippen molar-refractivity contribution in [3.8, 4) is 17.2 Å². The van der Waals surface area contributed by atoms with Crippen molar-refractivity contribution in [1.29, 1.82) is 0 Å². The van der Waals surface area contributed by atoms with Crippen LogP contribution in [0.1, 0.15) is 555 Å². The van der Waals surface area contributed by atoms with E-state index in [2.05, 4.69) is 170 Å². The summed E-state index contributed by atoms with van der Waals surface area (Å²) in [5, 5.41) is 24.9. The van der Waals surface area contributed by atoms with Crippen molar-refractivity contribution in [2.45, 2.75) is 603 Å². The minimum atomic E-state index is -0.917. The molecule has 16 unspecified atom stereocenters. The fourth-order valence-electron chi connectivity index (χ4n) is 21.2. The van der Waals surface area contributed by atoms with E-state index in [1.807, 2.05) is 0 Å². The van der Waals surface area contributed by atoms with Gasteiger partial charge in [-0.3, -0.25) is 0 Å². The highest BCUT2D eigenvalue weighted by molar-refractivity contribution is 5.53. The first-order chi connectivity index (χ1) is 57.8. The van der Waals surface area contributed by atoms with Crippen LogP contribution in [-0.4, -0.2) is 64.1 Å². The zero-order valence-corrected chi connectivity index (χ0v) is 85.7. The van der Waals surface area contributed by atoms with E-state index >= 15 is 0 Å². The monoisotopic (exact) mass is 1700 g/mol. The van der Waals surface area contributed by atoms with Crippen LogP contribution in [0.5, 0.6) is 17.2 Å². The Bertz CT molecular complexity index is 2590. The Balaban J connectivity index is 1.93. The van der Waals surface area contributed by atoms with E-state index in [4.69, 9.17) is 23.7 Å². The molecule has 7 heteroatoms. The van der Waals surface area contributed by atoms with E-state index in [0.717, 1.165) is 150 Å². The van der Waals surface area contributed by atoms with Crippen LogP contribution in [0, 0.1) is 71.0 Å². The topological polar surface area (TPSA) is 86.6 Å². The molecule has 3 rings (SSSR count). The van der Waals surface area contributed by atoms with Crippen molar-refractivity contribution in [3.63, 3.8) is 0 Å². The number of hydrogen-bond donors (Lipinski definition) is 2. The second-order valence-corrected chi connectivity index (χ2v) is 45.3. The standard InChI is InChI=1S/C114H216O7/c1-23-24-25-26-27-28-29-30-31-32-33-34-35-36-37-38-39-40-41-42-43-44-45-46-47-80-103-89-104(117-22)110(115)105(90-103)118-107-83-84-109(120-112(107,19)86-57-77-100(15)73-53-69-96(11)65-49-61-92(4)5)114(21,88-59-79-102(17)75-55-71-98(13)67-51-63-94(8)9)121-113(20,87-58-78-101(16)74-54-70-97(12)66-50-62-93(6)7)108-82-81-106(119-108)111(18,116)85-56-76-99(14)72-52-68-95(10)64-48-60-91(2)3/h30-31,89-102,106-109,115-116H,23-29,32-88H2,1-22H3. The van der Waals surface area contributed by atoms with Gasteiger partial charge >= 0.3 is 0 Å². The number of aromatic hydroxyl groups is 1. The fraction of sp³-hybridized carbons (Fsp3) is 0.930. The van der Waals surface area contributed by atoms with Gasteiger partial charge in [0.05, 0.1) is 42.2 Å². The summed E-state index contributed by atoms with van der Waals surface area (Å²) in [4.78, 5) is 0. The minimum absolute atomic E-state index is 0.0988. The van der Waals surface area contributed by atoms with Crippen molar-refractivity contribution >= 4 is 0 Å². The SMILES string of the molecule is CCCCCCCCC=CCCCCCCCCCCCCCCCCCc1cc(OC)c(O)c(OC2CCC(C(C)(CCCC(C)CCCC(C)CCCC(C)C)OC(C)(CCCC(C)CCCC(C)CCCC(C)C)C3CCC(C(C)(O)CCCC(C)CCCC(C)CCCC(C)C)O3)OC2(C)CCCC(C)CCCC(C)CCCC(C)C)c1. The number of allylic oxidation sites excluding steroid dienone is 2. The highest BCUT2D eigenvalue weighted by atomic mass is 16.6. The van der Waals surface area contributed by atoms with Gasteiger partial charge in [-0.15, -0.1) is 0 Å². The van der Waals surface area contributed by atoms with E-state index in [1.54, 1.807) is 7.11 Å². The van der Waals surface area contributed by atoms with E-state index in [-0.39, 0.29) is 30.2 Å². The number of phenols is 1. The second kappa shape index (κ2) is 67.4. The molecule has 2 aliphatic heterocycles. The number of unbranched alkanes of at least 4 members (excludes halogenated alkanes) is 21. The van der Waals surface area contributed by atoms with Gasteiger partial charge < -0.3 is 33.9 Å². The molecule has 2 fully saturated rings. The molecule has 121 heavy (non-hydrogen) atoms. The lowest BCUT2D eigenvalue weighted by Gasteiger charge is -2.53. The first kappa shape index (κ1) is 113. The van der Waals surface area contributed by atoms with Crippen LogP contribution in [0.15, 0.2) is 24.3 Å². The molecule has 0 aliphatic carbocycles. The lowest BCUT2D eigenvalue weighted by molar-refractivity contribution is -0.281. The summed E-state index contributed by atoms with van der Waals surface area (Å²) in [5.74, 6) is 10.00. The maximum atomic E-state index is 12.7. The van der Waals surface area contributed by atoms with Gasteiger partial charge in [-0.25, -0.2) is 0 Å². The van der Waals surface area contributed by atoms with E-state index < -0.39 is 22.4 Å². The lowest BCUT2D eigenvalue weighted by atomic mass is 9.78. The third-order valence-corrected chi connectivity index (χ3v) is 30.1. The van der Waals surface area contributed by atoms with Crippen molar-refractivity contribution in [3.05, 3.63) is 29.8 Å². The van der Waals surface area contributed by atoms with E-state index in [1.165, 1.54) is 314 Å². The van der Waals surface area contributed by atoms with Crippen LogP contribution in [0.3, 0.4) is 0 Å². The second-order valence-electron chi connectivity index (χ2n) is 45.3. The molecule has 2 aliphatic rings. The minimum Gasteiger partial charge on any atom is -0.502 e. The van der Waals surface area contributed by atoms with Crippen molar-refractivity contribution in [2.75, 3.05) is 7.11 Å². The summed E-state index contributed by atoms with van der Waals surface area (Å²) in [7, 11) is 1.69. The van der Waals surface area contributed by atoms with E-state index in [0.29, 0.717) is 35.2 Å². The van der Waals surface area contributed by atoms with Crippen molar-refractivity contribution in [2.24, 2.45) is 71.0 Å². The van der Waals surface area contributed by atoms with Crippen LogP contribution < -0.4 is 9.47 Å². The quantitative estimate of drug-likeness (QED) is 0.0496. The van der Waals surface area contributed by atoms with Gasteiger partial charge in [0.1, 0.15) is 11.7 Å². The number of ether oxygens (including phenoxy) is 5. The average molecular weight is 1700 g/mol. The number of benzene rings is 1. The van der Waals surface area contributed by atoms with Crippen molar-refractivity contribution < 1.29 is 33.9 Å². The van der Waals surface area contributed by atoms with Gasteiger partial charge in [-0.05, 0) is 206 Å². The summed E-state index contributed by atoms with van der Waals surface area (Å²) in [6, 6.07) is 4.20. The Kier molecular flexibility index (Phi) is 63.2. The molecule has 1 aromatic rings. The number of rotatable bonds is 81. The lowest BCUT2D eigenvalue weighted by Crippen LogP contribution is -2.60. The van der Waals surface area contributed by atoms with Gasteiger partial charge in [0, 0.05) is 0 Å². The van der Waals surface area contributed by atoms with Crippen LogP contribution in [0.4, 0.5) is 0 Å². The molecule has 1 aromatic carbocycles. The van der Waals surface area contributed by atoms with Gasteiger partial charge in [0.15, 0.2) is 11.5 Å². The highest BCUT2D eigenvalue weighted by Gasteiger charge is 2.54. The normalized spacial score (nSPS) is 21.0. The van der Waals surface area contributed by atoms with Crippen LogP contribution in [-0.2, 0) is 20.6 Å². The summed E-state index contributed by atoms with van der Waals surface area (Å²) in [6.07, 6.45) is 83.6. The predicted octanol–water partition coefficient (Wildman–Crippen LogP) is 36.8. The van der Waals surface area contributed by atoms with Crippen LogP contribution >= 0.6 is 0 Å². The molecule has 2 N–H and O–H groups in total. The Morgan fingerprint density at radius 3 is 1.05 bits per heavy atom. The smallest absolute Gasteiger partial charge is 0.200 e. The summed E-state index contributed by atoms with van der Waals surface area (Å²) >= 11 is 0. The summed E-state index contributed by atoms with van der Waals surface area (Å²) < 4.78 is 37.3. The Hall–Kier alpha value is -1.80. The Morgan fingerprint density at radius 2 is 0.678 bits per heavy atom. The predicted molar refractivity (Wildman–Crippen MR) is 532 cm³/mol. The molecule has 2 saturated heterocycles. The summed E-state index contributed by atoms with van der Waals surface area (Å²) in [6.45, 7) is 50.5. The summed E-state index contributed by atoms with van der Waals surface area (Å²) in [5.41, 5.74) is -1.65. The first-order valence-electron chi connectivity index (χ1n) is 54.3. The fourth-order valence-corrected chi connectivity index (χ4v) is 21.2. The zero-order chi connectivity index (χ0) is 89.2. The molecule has 0 spiro atoms. The number of hydrogen-bond acceptors (Lipinski definition) is 7. The molecule has 16 atom stereocenters. The number of aliphatic hydroxyl groups is 1. The van der Waals surface area contributed by atoms with Crippen LogP contribution in [0.2, 0.25) is 0 Å². The third kappa shape index (κ3) is 53.8. The molecule has 0 saturated carbocycles. The zero-order valence-electron chi connectivity index (χ0n) is 85.7. The van der Waals surface area contributed by atoms with Gasteiger partial charge in [-0.1, -0.05) is 451 Å². The molecule has 0 amide bonds. The maximum absolute atomic E-state index is 12.7. The Morgan fingerprint density at radius 1 is 0.372 bits per heavy atom. The molecule has 7 nitrogen and oxygen atoms in total. The van der Waals surface area contributed by atoms with E-state index in [9.17, 15) is 10.2 Å². The molecule has 0 aromatic heterocycles. The number of phenolic OH excluding ortho intramolecular Hbond substituents is 1. The average Bonchev–Trinajstić information content (AvgIpc) is 1.74. The van der Waals surface area contributed by atoms with Gasteiger partial charge in [0.2, 0.25) is 5.75 Å². The van der Waals surface area contributed by atoms with Crippen molar-refractivity contribution in [1.82, 2.24) is 0 Å². The molecular formula is C114H216O7. The molecule has 0 bridgehead atoms. The highest BCUT2D eigenvalue weighted by Crippen LogP contribution is 2.49. The Labute approximate surface area is 757 Å². The number of aryl methyl sites for hydroxylation is 1.